The van der Waals surface area contributed by atoms with Gasteiger partial charge in [-0.25, -0.2) is 8.42 Å². The van der Waals surface area contributed by atoms with E-state index in [1.54, 1.807) is 24.3 Å². The van der Waals surface area contributed by atoms with Crippen LogP contribution in [0.2, 0.25) is 0 Å². The maximum atomic E-state index is 12.1. The minimum absolute atomic E-state index is 0.0463. The van der Waals surface area contributed by atoms with Crippen molar-refractivity contribution in [2.45, 2.75) is 45.6 Å². The third kappa shape index (κ3) is 6.78. The Balaban J connectivity index is 2.67. The van der Waals surface area contributed by atoms with E-state index in [1.165, 1.54) is 11.4 Å². The lowest BCUT2D eigenvalue weighted by atomic mass is 10.2. The van der Waals surface area contributed by atoms with E-state index in [0.29, 0.717) is 24.3 Å². The van der Waals surface area contributed by atoms with Crippen molar-refractivity contribution in [2.24, 2.45) is 0 Å². The average molecular weight is 356 g/mol. The molecule has 0 aliphatic carbocycles. The van der Waals surface area contributed by atoms with Crippen molar-refractivity contribution < 1.29 is 17.9 Å². The molecule has 0 spiro atoms. The number of methoxy groups -OCH3 is 1. The fraction of sp³-hybridized carbons (Fsp3) is 0.588. The largest absolute Gasteiger partial charge is 0.497 e. The molecule has 1 aromatic carbocycles. The van der Waals surface area contributed by atoms with Gasteiger partial charge >= 0.3 is 0 Å². The first-order valence-corrected chi connectivity index (χ1v) is 10.0. The monoisotopic (exact) mass is 356 g/mol. The van der Waals surface area contributed by atoms with Gasteiger partial charge in [-0.1, -0.05) is 19.4 Å². The van der Waals surface area contributed by atoms with E-state index in [1.807, 2.05) is 6.92 Å². The van der Waals surface area contributed by atoms with Gasteiger partial charge < -0.3 is 10.1 Å². The highest BCUT2D eigenvalue weighted by molar-refractivity contribution is 7.92. The molecule has 0 aromatic heterocycles. The van der Waals surface area contributed by atoms with Crippen molar-refractivity contribution in [2.75, 3.05) is 24.2 Å². The average Bonchev–Trinajstić information content (AvgIpc) is 2.50. The maximum Gasteiger partial charge on any atom is 0.232 e. The molecule has 0 aliphatic rings. The summed E-state index contributed by atoms with van der Waals surface area (Å²) in [7, 11) is -1.89. The van der Waals surface area contributed by atoms with Crippen LogP contribution in [-0.4, -0.2) is 40.3 Å². The molecule has 1 atom stereocenters. The molecule has 1 aromatic rings. The van der Waals surface area contributed by atoms with Crippen molar-refractivity contribution in [1.82, 2.24) is 5.32 Å². The SMILES string of the molecule is CCC[C@H](C)NC(=O)CCCN(c1cccc(OC)c1)S(C)(=O)=O. The normalized spacial score (nSPS) is 12.5. The molecule has 0 heterocycles. The summed E-state index contributed by atoms with van der Waals surface area (Å²) in [6.45, 7) is 4.29. The molecule has 0 saturated carbocycles. The second kappa shape index (κ2) is 9.52. The summed E-state index contributed by atoms with van der Waals surface area (Å²) >= 11 is 0. The minimum atomic E-state index is -3.43. The topological polar surface area (TPSA) is 75.7 Å². The van der Waals surface area contributed by atoms with Crippen LogP contribution in [0, 0.1) is 0 Å². The molecule has 0 radical (unpaired) electrons. The zero-order chi connectivity index (χ0) is 18.2. The lowest BCUT2D eigenvalue weighted by Crippen LogP contribution is -2.34. The fourth-order valence-electron chi connectivity index (χ4n) is 2.49. The number of hydrogen-bond acceptors (Lipinski definition) is 4. The third-order valence-corrected chi connectivity index (χ3v) is 4.83. The standard InChI is InChI=1S/C17H28N2O4S/c1-5-8-14(2)18-17(20)11-7-12-19(24(4,21)22)15-9-6-10-16(13-15)23-3/h6,9-10,13-14H,5,7-8,11-12H2,1-4H3,(H,18,20)/t14-/m0/s1. The predicted molar refractivity (Wildman–Crippen MR) is 96.9 cm³/mol. The van der Waals surface area contributed by atoms with Gasteiger partial charge in [0, 0.05) is 25.1 Å². The van der Waals surface area contributed by atoms with Crippen LogP contribution < -0.4 is 14.4 Å². The highest BCUT2D eigenvalue weighted by Crippen LogP contribution is 2.23. The zero-order valence-corrected chi connectivity index (χ0v) is 15.7. The van der Waals surface area contributed by atoms with E-state index in [0.717, 1.165) is 19.1 Å². The number of nitrogens with one attached hydrogen (secondary N) is 1. The Morgan fingerprint density at radius 1 is 1.38 bits per heavy atom. The molecule has 0 saturated heterocycles. The molecular formula is C17H28N2O4S. The number of rotatable bonds is 10. The lowest BCUT2D eigenvalue weighted by Gasteiger charge is -2.23. The van der Waals surface area contributed by atoms with E-state index in [4.69, 9.17) is 4.74 Å². The second-order valence-electron chi connectivity index (χ2n) is 5.90. The van der Waals surface area contributed by atoms with Crippen molar-refractivity contribution in [3.05, 3.63) is 24.3 Å². The number of anilines is 1. The van der Waals surface area contributed by atoms with Gasteiger partial charge in [-0.05, 0) is 31.9 Å². The Bertz CT molecular complexity index is 631. The van der Waals surface area contributed by atoms with Gasteiger partial charge in [0.05, 0.1) is 19.1 Å². The van der Waals surface area contributed by atoms with Gasteiger partial charge in [0.1, 0.15) is 5.75 Å². The molecule has 1 N–H and O–H groups in total. The van der Waals surface area contributed by atoms with E-state index < -0.39 is 10.0 Å². The Kier molecular flexibility index (Phi) is 8.04. The number of nitrogens with zero attached hydrogens (tertiary/aromatic N) is 1. The van der Waals surface area contributed by atoms with Crippen molar-refractivity contribution in [3.63, 3.8) is 0 Å². The van der Waals surface area contributed by atoms with Crippen molar-refractivity contribution >= 4 is 21.6 Å². The number of carbonyl (C=O) groups excluding carboxylic acids is 1. The number of benzene rings is 1. The number of hydrogen-bond donors (Lipinski definition) is 1. The highest BCUT2D eigenvalue weighted by atomic mass is 32.2. The summed E-state index contributed by atoms with van der Waals surface area (Å²) in [4.78, 5) is 11.9. The third-order valence-electron chi connectivity index (χ3n) is 3.64. The number of sulfonamides is 1. The summed E-state index contributed by atoms with van der Waals surface area (Å²) < 4.78 is 30.6. The summed E-state index contributed by atoms with van der Waals surface area (Å²) in [5.41, 5.74) is 0.539. The van der Waals surface area contributed by atoms with E-state index >= 15 is 0 Å². The molecule has 136 valence electrons. The first-order valence-electron chi connectivity index (χ1n) is 8.19. The molecule has 6 nitrogen and oxygen atoms in total. The molecule has 1 amide bonds. The first kappa shape index (κ1) is 20.3. The number of ether oxygens (including phenoxy) is 1. The molecule has 7 heteroatoms. The van der Waals surface area contributed by atoms with E-state index in [9.17, 15) is 13.2 Å². The molecule has 24 heavy (non-hydrogen) atoms. The smallest absolute Gasteiger partial charge is 0.232 e. The Labute approximate surface area is 145 Å². The van der Waals surface area contributed by atoms with Crippen LogP contribution >= 0.6 is 0 Å². The molecule has 0 fully saturated rings. The molecule has 0 aliphatic heterocycles. The van der Waals surface area contributed by atoms with Crippen LogP contribution in [0.25, 0.3) is 0 Å². The maximum absolute atomic E-state index is 12.1. The van der Waals surface area contributed by atoms with Crippen molar-refractivity contribution in [3.8, 4) is 5.75 Å². The summed E-state index contributed by atoms with van der Waals surface area (Å²) in [5, 5.41) is 2.92. The first-order chi connectivity index (χ1) is 11.3. The Hall–Kier alpha value is -1.76. The minimum Gasteiger partial charge on any atom is -0.497 e. The van der Waals surface area contributed by atoms with E-state index in [2.05, 4.69) is 12.2 Å². The molecular weight excluding hydrogens is 328 g/mol. The van der Waals surface area contributed by atoms with Crippen LogP contribution in [0.5, 0.6) is 5.75 Å². The second-order valence-corrected chi connectivity index (χ2v) is 7.80. The van der Waals surface area contributed by atoms with Crippen LogP contribution in [0.3, 0.4) is 0 Å². The fourth-order valence-corrected chi connectivity index (χ4v) is 3.44. The number of carbonyl (C=O) groups is 1. The Morgan fingerprint density at radius 2 is 2.08 bits per heavy atom. The lowest BCUT2D eigenvalue weighted by molar-refractivity contribution is -0.121. The van der Waals surface area contributed by atoms with Gasteiger partial charge in [-0.2, -0.15) is 0 Å². The van der Waals surface area contributed by atoms with Gasteiger partial charge in [0.25, 0.3) is 0 Å². The van der Waals surface area contributed by atoms with Crippen LogP contribution in [0.4, 0.5) is 5.69 Å². The Morgan fingerprint density at radius 3 is 2.67 bits per heavy atom. The van der Waals surface area contributed by atoms with Crippen LogP contribution in [0.1, 0.15) is 39.5 Å². The summed E-state index contributed by atoms with van der Waals surface area (Å²) in [6, 6.07) is 7.03. The van der Waals surface area contributed by atoms with Gasteiger partial charge in [0.2, 0.25) is 15.9 Å². The van der Waals surface area contributed by atoms with Gasteiger partial charge in [-0.15, -0.1) is 0 Å². The molecule has 0 unspecified atom stereocenters. The van der Waals surface area contributed by atoms with E-state index in [-0.39, 0.29) is 18.5 Å². The molecule has 0 bridgehead atoms. The van der Waals surface area contributed by atoms with Crippen LogP contribution in [-0.2, 0) is 14.8 Å². The van der Waals surface area contributed by atoms with Crippen molar-refractivity contribution in [1.29, 1.82) is 0 Å². The summed E-state index contributed by atoms with van der Waals surface area (Å²) in [6.07, 6.45) is 3.86. The zero-order valence-electron chi connectivity index (χ0n) is 14.9. The van der Waals surface area contributed by atoms with Crippen LogP contribution in [0.15, 0.2) is 24.3 Å². The number of amides is 1. The predicted octanol–water partition coefficient (Wildman–Crippen LogP) is 2.55. The van der Waals surface area contributed by atoms with Gasteiger partial charge in [-0.3, -0.25) is 9.10 Å². The molecule has 1 rings (SSSR count). The quantitative estimate of drug-likeness (QED) is 0.699. The summed E-state index contributed by atoms with van der Waals surface area (Å²) in [5.74, 6) is 0.544. The highest BCUT2D eigenvalue weighted by Gasteiger charge is 2.18. The van der Waals surface area contributed by atoms with Gasteiger partial charge in [0.15, 0.2) is 0 Å².